The summed E-state index contributed by atoms with van der Waals surface area (Å²) in [6.07, 6.45) is 6.09. The Bertz CT molecular complexity index is 2620. The maximum atomic E-state index is 3.96. The van der Waals surface area contributed by atoms with E-state index in [0.717, 1.165) is 5.69 Å². The lowest BCUT2D eigenvalue weighted by atomic mass is 9.85. The molecule has 2 aromatic heterocycles. The highest BCUT2D eigenvalue weighted by molar-refractivity contribution is 6.10. The summed E-state index contributed by atoms with van der Waals surface area (Å²) >= 11 is 0. The summed E-state index contributed by atoms with van der Waals surface area (Å²) in [5, 5.41) is 3.80. The molecule has 0 saturated carbocycles. The Morgan fingerprint density at radius 2 is 1.16 bits per heavy atom. The van der Waals surface area contributed by atoms with E-state index in [0.29, 0.717) is 0 Å². The van der Waals surface area contributed by atoms with Crippen molar-refractivity contribution in [2.75, 3.05) is 0 Å². The molecule has 6 aromatic carbocycles. The van der Waals surface area contributed by atoms with Gasteiger partial charge in [0.1, 0.15) is 0 Å². The fraction of sp³-hybridized carbons (Fsp3) is 0.125. The molecular weight excluding hydrogens is 605 g/mol. The van der Waals surface area contributed by atoms with Gasteiger partial charge in [-0.05, 0) is 76.1 Å². The van der Waals surface area contributed by atoms with Crippen LogP contribution in [0.4, 0.5) is 0 Å². The van der Waals surface area contributed by atoms with Crippen molar-refractivity contribution >= 4 is 38.8 Å². The largest absolute Gasteiger partial charge is 0.313 e. The second-order valence-electron chi connectivity index (χ2n) is 14.6. The highest BCUT2D eigenvalue weighted by atomic mass is 15.0. The Morgan fingerprint density at radius 3 is 1.82 bits per heavy atom. The van der Waals surface area contributed by atoms with Gasteiger partial charge in [0, 0.05) is 44.7 Å². The maximum absolute atomic E-state index is 3.96. The van der Waals surface area contributed by atoms with Crippen LogP contribution in [-0.4, -0.2) is 9.13 Å². The lowest BCUT2D eigenvalue weighted by molar-refractivity contribution is 0.594. The van der Waals surface area contributed by atoms with Gasteiger partial charge in [0.15, 0.2) is 0 Å². The molecule has 8 aromatic rings. The zero-order chi connectivity index (χ0) is 34.1. The predicted molar refractivity (Wildman–Crippen MR) is 213 cm³/mol. The zero-order valence-corrected chi connectivity index (χ0v) is 29.1. The second kappa shape index (κ2) is 11.4. The van der Waals surface area contributed by atoms with Crippen LogP contribution in [0.2, 0.25) is 0 Å². The Labute approximate surface area is 294 Å². The molecule has 50 heavy (non-hydrogen) atoms. The number of fused-ring (bicyclic) bond motifs is 7. The van der Waals surface area contributed by atoms with E-state index < -0.39 is 0 Å². The van der Waals surface area contributed by atoms with Gasteiger partial charge in [-0.2, -0.15) is 0 Å². The molecule has 0 unspecified atom stereocenters. The highest BCUT2D eigenvalue weighted by Crippen LogP contribution is 2.49. The minimum Gasteiger partial charge on any atom is -0.313 e. The number of hydrogen-bond donors (Lipinski definition) is 0. The molecule has 2 heterocycles. The number of aromatic nitrogens is 2. The molecule has 242 valence electrons. The fourth-order valence-electron chi connectivity index (χ4n) is 8.55. The Balaban J connectivity index is 1.42. The molecule has 0 amide bonds. The van der Waals surface area contributed by atoms with E-state index in [1.165, 1.54) is 83.0 Å². The van der Waals surface area contributed by atoms with Crippen LogP contribution < -0.4 is 0 Å². The van der Waals surface area contributed by atoms with Gasteiger partial charge < -0.3 is 9.13 Å². The minimum atomic E-state index is -0.0466. The van der Waals surface area contributed by atoms with Gasteiger partial charge in [-0.1, -0.05) is 149 Å². The summed E-state index contributed by atoms with van der Waals surface area (Å²) in [7, 11) is 0. The summed E-state index contributed by atoms with van der Waals surface area (Å²) in [5.41, 5.74) is 16.4. The van der Waals surface area contributed by atoms with Crippen molar-refractivity contribution in [3.63, 3.8) is 0 Å². The molecule has 1 aliphatic carbocycles. The first-order valence-corrected chi connectivity index (χ1v) is 17.6. The lowest BCUT2D eigenvalue weighted by Gasteiger charge is -2.23. The number of benzene rings is 6. The molecule has 0 aliphatic heterocycles. The Morgan fingerprint density at radius 1 is 0.600 bits per heavy atom. The van der Waals surface area contributed by atoms with E-state index in [2.05, 4.69) is 183 Å². The summed E-state index contributed by atoms with van der Waals surface area (Å²) in [6.45, 7) is 13.2. The van der Waals surface area contributed by atoms with Crippen LogP contribution in [0.15, 0.2) is 152 Å². The van der Waals surface area contributed by atoms with Crippen LogP contribution in [0, 0.1) is 6.92 Å². The van der Waals surface area contributed by atoms with Crippen LogP contribution in [-0.2, 0) is 5.41 Å². The van der Waals surface area contributed by atoms with Crippen LogP contribution in [0.3, 0.4) is 0 Å². The van der Waals surface area contributed by atoms with Crippen LogP contribution in [0.25, 0.3) is 61.3 Å². The zero-order valence-electron chi connectivity index (χ0n) is 29.1. The fourth-order valence-corrected chi connectivity index (χ4v) is 8.55. The van der Waals surface area contributed by atoms with Crippen molar-refractivity contribution in [1.82, 2.24) is 9.13 Å². The predicted octanol–water partition coefficient (Wildman–Crippen LogP) is 12.7. The van der Waals surface area contributed by atoms with Crippen molar-refractivity contribution in [1.29, 1.82) is 0 Å². The topological polar surface area (TPSA) is 9.86 Å². The number of para-hydroxylation sites is 3. The molecule has 9 rings (SSSR count). The summed E-state index contributed by atoms with van der Waals surface area (Å²) in [5.74, 6) is 0.110. The molecule has 0 radical (unpaired) electrons. The summed E-state index contributed by atoms with van der Waals surface area (Å²) < 4.78 is 4.99. The first kappa shape index (κ1) is 30.2. The minimum absolute atomic E-state index is 0.0466. The first-order chi connectivity index (χ1) is 24.3. The second-order valence-corrected chi connectivity index (χ2v) is 14.6. The number of allylic oxidation sites excluding steroid dienone is 2. The SMILES string of the molecule is C=C/C=C\c1c(C)n(-c2cc(C3c4ccccc4-c4ccccc43)cc(-n3c4ccccc4c4cccc(C(C)(C)C)c43)c2)c2ccccc12. The molecule has 0 bridgehead atoms. The first-order valence-electron chi connectivity index (χ1n) is 17.6. The van der Waals surface area contributed by atoms with Crippen molar-refractivity contribution < 1.29 is 0 Å². The molecule has 0 spiro atoms. The van der Waals surface area contributed by atoms with E-state index in [4.69, 9.17) is 0 Å². The monoisotopic (exact) mass is 644 g/mol. The Kier molecular flexibility index (Phi) is 6.86. The molecule has 0 atom stereocenters. The Hall–Kier alpha value is -5.86. The smallest absolute Gasteiger partial charge is 0.0578 e. The quantitative estimate of drug-likeness (QED) is 0.165. The number of hydrogen-bond acceptors (Lipinski definition) is 0. The van der Waals surface area contributed by atoms with Gasteiger partial charge >= 0.3 is 0 Å². The maximum Gasteiger partial charge on any atom is 0.0578 e. The van der Waals surface area contributed by atoms with Gasteiger partial charge in [0.25, 0.3) is 0 Å². The van der Waals surface area contributed by atoms with E-state index >= 15 is 0 Å². The normalized spacial score (nSPS) is 13.1. The van der Waals surface area contributed by atoms with Crippen LogP contribution in [0.1, 0.15) is 60.2 Å². The van der Waals surface area contributed by atoms with E-state index in [9.17, 15) is 0 Å². The molecule has 0 saturated heterocycles. The highest BCUT2D eigenvalue weighted by Gasteiger charge is 2.31. The molecule has 0 fully saturated rings. The van der Waals surface area contributed by atoms with Gasteiger partial charge in [-0.3, -0.25) is 0 Å². The van der Waals surface area contributed by atoms with E-state index in [1.54, 1.807) is 0 Å². The third-order valence-electron chi connectivity index (χ3n) is 10.7. The van der Waals surface area contributed by atoms with Gasteiger partial charge in [-0.25, -0.2) is 0 Å². The van der Waals surface area contributed by atoms with Gasteiger partial charge in [-0.15, -0.1) is 0 Å². The molecule has 1 aliphatic rings. The molecule has 2 nitrogen and oxygen atoms in total. The molecule has 2 heteroatoms. The molecular formula is C48H40N2. The average Bonchev–Trinajstić information content (AvgIpc) is 3.75. The summed E-state index contributed by atoms with van der Waals surface area (Å²) in [6, 6.07) is 49.7. The van der Waals surface area contributed by atoms with Crippen molar-refractivity contribution in [3.05, 3.63) is 186 Å². The van der Waals surface area contributed by atoms with Gasteiger partial charge in [0.05, 0.1) is 16.6 Å². The third kappa shape index (κ3) is 4.48. The van der Waals surface area contributed by atoms with E-state index in [1.807, 2.05) is 12.2 Å². The number of nitrogens with zero attached hydrogens (tertiary/aromatic N) is 2. The van der Waals surface area contributed by atoms with Crippen LogP contribution >= 0.6 is 0 Å². The van der Waals surface area contributed by atoms with Crippen molar-refractivity contribution in [2.45, 2.75) is 39.0 Å². The van der Waals surface area contributed by atoms with Crippen LogP contribution in [0.5, 0.6) is 0 Å². The lowest BCUT2D eigenvalue weighted by Crippen LogP contribution is -2.13. The average molecular weight is 645 g/mol. The van der Waals surface area contributed by atoms with E-state index in [-0.39, 0.29) is 11.3 Å². The third-order valence-corrected chi connectivity index (χ3v) is 10.7. The summed E-state index contributed by atoms with van der Waals surface area (Å²) in [4.78, 5) is 0. The standard InChI is InChI=1S/C48H40N2/c1-6-7-17-35-31(2)49(44-26-14-12-20-38(35)44)33-28-32(46-40-22-10-8-18-36(40)37-19-9-11-23-41(37)46)29-34(30-33)50-45-27-15-13-21-39(45)42-24-16-25-43(47(42)50)48(3,4)5/h6-30,46H,1H2,2-5H3/b17-7-. The number of rotatable bonds is 5. The van der Waals surface area contributed by atoms with Crippen molar-refractivity contribution in [2.24, 2.45) is 0 Å². The molecule has 0 N–H and O–H groups in total. The van der Waals surface area contributed by atoms with Gasteiger partial charge in [0.2, 0.25) is 0 Å². The van der Waals surface area contributed by atoms with Crippen molar-refractivity contribution in [3.8, 4) is 22.5 Å².